The van der Waals surface area contributed by atoms with E-state index in [-0.39, 0.29) is 0 Å². The van der Waals surface area contributed by atoms with Gasteiger partial charge in [0.1, 0.15) is 10.3 Å². The molecule has 1 aliphatic heterocycles. The van der Waals surface area contributed by atoms with Crippen molar-refractivity contribution in [2.24, 2.45) is 0 Å². The third-order valence-electron chi connectivity index (χ3n) is 2.98. The van der Waals surface area contributed by atoms with E-state index in [0.717, 1.165) is 13.1 Å². The van der Waals surface area contributed by atoms with Gasteiger partial charge in [-0.15, -0.1) is 0 Å². The molecule has 0 atom stereocenters. The van der Waals surface area contributed by atoms with Gasteiger partial charge >= 0.3 is 0 Å². The molecule has 15 heavy (non-hydrogen) atoms. The van der Waals surface area contributed by atoms with Crippen LogP contribution in [0.15, 0.2) is 12.1 Å². The van der Waals surface area contributed by atoms with Gasteiger partial charge in [0.05, 0.1) is 0 Å². The van der Waals surface area contributed by atoms with E-state index in [2.05, 4.69) is 16.9 Å². The fourth-order valence-electron chi connectivity index (χ4n) is 2.06. The van der Waals surface area contributed by atoms with E-state index in [1.807, 2.05) is 12.1 Å². The number of pyridine rings is 1. The maximum absolute atomic E-state index is 5.89. The van der Waals surface area contributed by atoms with Gasteiger partial charge in [0.2, 0.25) is 0 Å². The molecule has 4 heteroatoms. The first-order chi connectivity index (χ1) is 7.15. The smallest absolute Gasteiger partial charge is 0.131 e. The van der Waals surface area contributed by atoms with Gasteiger partial charge in [-0.05, 0) is 56.6 Å². The van der Waals surface area contributed by atoms with Gasteiger partial charge in [-0.2, -0.15) is 0 Å². The molecule has 82 valence electrons. The molecule has 1 aliphatic rings. The lowest BCUT2D eigenvalue weighted by Crippen LogP contribution is -2.29. The molecule has 0 bridgehead atoms. The Kier molecular flexibility index (Phi) is 3.49. The van der Waals surface area contributed by atoms with Crippen molar-refractivity contribution in [3.05, 3.63) is 28.0 Å². The molecule has 0 unspecified atom stereocenters. The highest BCUT2D eigenvalue weighted by atomic mass is 35.5. The van der Waals surface area contributed by atoms with E-state index in [9.17, 15) is 0 Å². The van der Waals surface area contributed by atoms with Crippen LogP contribution in [0.4, 0.5) is 0 Å². The second-order valence-corrected chi connectivity index (χ2v) is 4.90. The molecule has 2 rings (SSSR count). The van der Waals surface area contributed by atoms with Crippen LogP contribution in [0.5, 0.6) is 0 Å². The minimum absolute atomic E-state index is 0.497. The minimum atomic E-state index is 0.497. The number of hydrogen-bond acceptors (Lipinski definition) is 2. The topological polar surface area (TPSA) is 16.1 Å². The molecule has 1 aromatic heterocycles. The first kappa shape index (κ1) is 11.2. The van der Waals surface area contributed by atoms with Crippen molar-refractivity contribution >= 4 is 23.2 Å². The average Bonchev–Trinajstić information content (AvgIpc) is 2.17. The normalized spacial score (nSPS) is 19.4. The predicted octanol–water partition coefficient (Wildman–Crippen LogP) is 3.20. The van der Waals surface area contributed by atoms with E-state index < -0.39 is 0 Å². The lowest BCUT2D eigenvalue weighted by atomic mass is 9.90. The number of nitrogens with zero attached hydrogens (tertiary/aromatic N) is 2. The summed E-state index contributed by atoms with van der Waals surface area (Å²) in [6.07, 6.45) is 2.35. The maximum atomic E-state index is 5.89. The zero-order chi connectivity index (χ0) is 10.8. The van der Waals surface area contributed by atoms with Crippen LogP contribution in [-0.2, 0) is 0 Å². The summed E-state index contributed by atoms with van der Waals surface area (Å²) in [6, 6.07) is 3.87. The molecule has 0 N–H and O–H groups in total. The van der Waals surface area contributed by atoms with Crippen LogP contribution in [0.2, 0.25) is 10.3 Å². The largest absolute Gasteiger partial charge is 0.306 e. The van der Waals surface area contributed by atoms with Gasteiger partial charge in [0.15, 0.2) is 0 Å². The number of rotatable bonds is 1. The van der Waals surface area contributed by atoms with E-state index in [4.69, 9.17) is 23.2 Å². The summed E-state index contributed by atoms with van der Waals surface area (Å²) in [5, 5.41) is 0.993. The lowest BCUT2D eigenvalue weighted by molar-refractivity contribution is 0.255. The molecule has 0 radical (unpaired) electrons. The van der Waals surface area contributed by atoms with Crippen LogP contribution >= 0.6 is 23.2 Å². The van der Waals surface area contributed by atoms with Gasteiger partial charge in [-0.1, -0.05) is 23.2 Å². The highest BCUT2D eigenvalue weighted by molar-refractivity contribution is 6.32. The Morgan fingerprint density at radius 2 is 1.73 bits per heavy atom. The van der Waals surface area contributed by atoms with Gasteiger partial charge in [0, 0.05) is 0 Å². The second-order valence-electron chi connectivity index (χ2n) is 4.12. The van der Waals surface area contributed by atoms with Crippen LogP contribution in [0, 0.1) is 0 Å². The standard InChI is InChI=1S/C11H14Cl2N2/c1-15-4-2-8(3-5-15)9-6-10(12)14-11(13)7-9/h6-8H,2-5H2,1H3. The minimum Gasteiger partial charge on any atom is -0.306 e. The monoisotopic (exact) mass is 244 g/mol. The number of aromatic nitrogens is 1. The number of piperidine rings is 1. The molecule has 0 amide bonds. The van der Waals surface area contributed by atoms with Crippen molar-refractivity contribution < 1.29 is 0 Å². The molecular weight excluding hydrogens is 231 g/mol. The van der Waals surface area contributed by atoms with Gasteiger partial charge in [0.25, 0.3) is 0 Å². The predicted molar refractivity (Wildman–Crippen MR) is 63.7 cm³/mol. The van der Waals surface area contributed by atoms with E-state index >= 15 is 0 Å². The summed E-state index contributed by atoms with van der Waals surface area (Å²) in [7, 11) is 2.16. The van der Waals surface area contributed by atoms with Gasteiger partial charge < -0.3 is 4.90 Å². The van der Waals surface area contributed by atoms with Crippen LogP contribution in [-0.4, -0.2) is 30.0 Å². The Morgan fingerprint density at radius 1 is 1.20 bits per heavy atom. The van der Waals surface area contributed by atoms with Crippen LogP contribution in [0.25, 0.3) is 0 Å². The first-order valence-corrected chi connectivity index (χ1v) is 5.92. The summed E-state index contributed by atoms with van der Waals surface area (Å²) < 4.78 is 0. The number of halogens is 2. The lowest BCUT2D eigenvalue weighted by Gasteiger charge is -2.29. The zero-order valence-corrected chi connectivity index (χ0v) is 10.2. The zero-order valence-electron chi connectivity index (χ0n) is 8.71. The number of hydrogen-bond donors (Lipinski definition) is 0. The molecule has 1 saturated heterocycles. The summed E-state index contributed by atoms with van der Waals surface area (Å²) >= 11 is 11.8. The number of likely N-dealkylation sites (tertiary alicyclic amines) is 1. The Morgan fingerprint density at radius 3 is 2.27 bits per heavy atom. The maximum Gasteiger partial charge on any atom is 0.131 e. The highest BCUT2D eigenvalue weighted by Gasteiger charge is 2.19. The van der Waals surface area contributed by atoms with Crippen molar-refractivity contribution in [3.8, 4) is 0 Å². The van der Waals surface area contributed by atoms with E-state index in [1.54, 1.807) is 0 Å². The Balaban J connectivity index is 2.15. The molecule has 1 fully saturated rings. The van der Waals surface area contributed by atoms with Crippen LogP contribution in [0.3, 0.4) is 0 Å². The third kappa shape index (κ3) is 2.83. The van der Waals surface area contributed by atoms with Crippen molar-refractivity contribution in [1.82, 2.24) is 9.88 Å². The average molecular weight is 245 g/mol. The molecule has 0 aromatic carbocycles. The van der Waals surface area contributed by atoms with Crippen LogP contribution in [0.1, 0.15) is 24.3 Å². The van der Waals surface area contributed by atoms with Crippen molar-refractivity contribution in [1.29, 1.82) is 0 Å². The fraction of sp³-hybridized carbons (Fsp3) is 0.545. The first-order valence-electron chi connectivity index (χ1n) is 5.16. The van der Waals surface area contributed by atoms with Crippen LogP contribution < -0.4 is 0 Å². The Bertz CT molecular complexity index is 326. The van der Waals surface area contributed by atoms with Gasteiger partial charge in [-0.3, -0.25) is 0 Å². The van der Waals surface area contributed by atoms with Crippen molar-refractivity contribution in [2.45, 2.75) is 18.8 Å². The third-order valence-corrected chi connectivity index (χ3v) is 3.36. The molecule has 1 aromatic rings. The van der Waals surface area contributed by atoms with E-state index in [0.29, 0.717) is 16.2 Å². The molecule has 2 heterocycles. The summed E-state index contributed by atoms with van der Waals surface area (Å²) in [5.41, 5.74) is 1.23. The Labute approximate surface area is 100 Å². The van der Waals surface area contributed by atoms with E-state index in [1.165, 1.54) is 18.4 Å². The summed E-state index contributed by atoms with van der Waals surface area (Å²) in [5.74, 6) is 0.583. The SMILES string of the molecule is CN1CCC(c2cc(Cl)nc(Cl)c2)CC1. The summed E-state index contributed by atoms with van der Waals surface area (Å²) in [6.45, 7) is 2.28. The molecule has 0 spiro atoms. The quantitative estimate of drug-likeness (QED) is 0.706. The highest BCUT2D eigenvalue weighted by Crippen LogP contribution is 2.29. The van der Waals surface area contributed by atoms with Gasteiger partial charge in [-0.25, -0.2) is 4.98 Å². The fourth-order valence-corrected chi connectivity index (χ4v) is 2.54. The second kappa shape index (κ2) is 4.69. The summed E-state index contributed by atoms with van der Waals surface area (Å²) in [4.78, 5) is 6.31. The molecular formula is C11H14Cl2N2. The molecule has 2 nitrogen and oxygen atoms in total. The van der Waals surface area contributed by atoms with Crippen molar-refractivity contribution in [2.75, 3.05) is 20.1 Å². The molecule has 0 saturated carbocycles. The Hall–Kier alpha value is -0.310. The molecule has 0 aliphatic carbocycles. The van der Waals surface area contributed by atoms with Crippen molar-refractivity contribution in [3.63, 3.8) is 0 Å².